The van der Waals surface area contributed by atoms with Crippen LogP contribution in [0, 0.1) is 12.7 Å². The first-order chi connectivity index (χ1) is 15.8. The molecule has 1 aromatic carbocycles. The van der Waals surface area contributed by atoms with Crippen LogP contribution in [0.15, 0.2) is 52.7 Å². The summed E-state index contributed by atoms with van der Waals surface area (Å²) in [6.45, 7) is 5.42. The minimum Gasteiger partial charge on any atom is -0.347 e. The number of amides is 2. The lowest BCUT2D eigenvalue weighted by Gasteiger charge is -2.12. The van der Waals surface area contributed by atoms with Crippen LogP contribution in [-0.4, -0.2) is 40.2 Å². The number of hydrogen-bond acceptors (Lipinski definition) is 6. The summed E-state index contributed by atoms with van der Waals surface area (Å²) in [6.07, 6.45) is 1.53. The molecule has 0 aliphatic rings. The molecule has 0 bridgehead atoms. The van der Waals surface area contributed by atoms with Gasteiger partial charge in [-0.1, -0.05) is 23.7 Å². The lowest BCUT2D eigenvalue weighted by atomic mass is 10.1. The van der Waals surface area contributed by atoms with E-state index in [0.717, 1.165) is 15.8 Å². The van der Waals surface area contributed by atoms with Crippen molar-refractivity contribution in [2.45, 2.75) is 20.0 Å². The van der Waals surface area contributed by atoms with Crippen LogP contribution >= 0.6 is 11.6 Å². The second kappa shape index (κ2) is 10.6. The highest BCUT2D eigenvalue weighted by Crippen LogP contribution is 2.10. The number of pyridine rings is 1. The normalized spacial score (nSPS) is 11.2. The van der Waals surface area contributed by atoms with Crippen LogP contribution in [0.3, 0.4) is 0 Å². The Kier molecular flexibility index (Phi) is 7.62. The fourth-order valence-electron chi connectivity index (χ4n) is 2.96. The van der Waals surface area contributed by atoms with Crippen molar-refractivity contribution >= 4 is 30.1 Å². The Hall–Kier alpha value is -3.92. The van der Waals surface area contributed by atoms with Gasteiger partial charge >= 0.3 is 0 Å². The molecule has 0 radical (unpaired) electrons. The SMILES string of the molecule is C=Nn1c(C(=O)NCc2ccnc(Cl)c2)cc(C(=O)NCc2ccc(F)c(C)c2)nc1=NC. The minimum absolute atomic E-state index is 0.0172. The zero-order chi connectivity index (χ0) is 24.0. The van der Waals surface area contributed by atoms with Crippen molar-refractivity contribution in [3.8, 4) is 0 Å². The molecule has 170 valence electrons. The van der Waals surface area contributed by atoms with E-state index < -0.39 is 11.8 Å². The molecule has 3 aromatic rings. The lowest BCUT2D eigenvalue weighted by Crippen LogP contribution is -2.35. The first-order valence-electron chi connectivity index (χ1n) is 9.78. The third-order valence-corrected chi connectivity index (χ3v) is 4.84. The molecule has 0 aliphatic heterocycles. The summed E-state index contributed by atoms with van der Waals surface area (Å²) >= 11 is 5.88. The molecule has 11 heteroatoms. The molecule has 0 spiro atoms. The summed E-state index contributed by atoms with van der Waals surface area (Å²) < 4.78 is 14.6. The average molecular weight is 470 g/mol. The smallest absolute Gasteiger partial charge is 0.270 e. The first-order valence-corrected chi connectivity index (χ1v) is 10.2. The van der Waals surface area contributed by atoms with E-state index in [-0.39, 0.29) is 35.9 Å². The van der Waals surface area contributed by atoms with Crippen molar-refractivity contribution in [2.75, 3.05) is 7.05 Å². The van der Waals surface area contributed by atoms with Gasteiger partial charge in [0.15, 0.2) is 0 Å². The van der Waals surface area contributed by atoms with E-state index in [0.29, 0.717) is 10.7 Å². The van der Waals surface area contributed by atoms with Gasteiger partial charge in [0.2, 0.25) is 5.62 Å². The molecular weight excluding hydrogens is 449 g/mol. The Bertz CT molecular complexity index is 1290. The maximum absolute atomic E-state index is 13.5. The second-order valence-corrected chi connectivity index (χ2v) is 7.33. The molecule has 0 saturated carbocycles. The van der Waals surface area contributed by atoms with Crippen molar-refractivity contribution < 1.29 is 14.0 Å². The quantitative estimate of drug-likeness (QED) is 0.408. The Labute approximate surface area is 194 Å². The van der Waals surface area contributed by atoms with Crippen LogP contribution < -0.4 is 16.3 Å². The van der Waals surface area contributed by atoms with Crippen molar-refractivity contribution in [1.29, 1.82) is 0 Å². The van der Waals surface area contributed by atoms with Gasteiger partial charge in [-0.2, -0.15) is 9.78 Å². The van der Waals surface area contributed by atoms with Crippen LogP contribution in [0.25, 0.3) is 0 Å². The molecule has 9 nitrogen and oxygen atoms in total. The van der Waals surface area contributed by atoms with E-state index in [1.165, 1.54) is 25.4 Å². The van der Waals surface area contributed by atoms with E-state index >= 15 is 0 Å². The Morgan fingerprint density at radius 1 is 1.12 bits per heavy atom. The number of carbonyl (C=O) groups excluding carboxylic acids is 2. The molecule has 0 atom stereocenters. The van der Waals surface area contributed by atoms with Gasteiger partial charge in [-0.3, -0.25) is 14.6 Å². The van der Waals surface area contributed by atoms with Crippen LogP contribution in [0.4, 0.5) is 4.39 Å². The Balaban J connectivity index is 1.83. The number of benzene rings is 1. The highest BCUT2D eigenvalue weighted by atomic mass is 35.5. The molecule has 3 rings (SSSR count). The maximum Gasteiger partial charge on any atom is 0.270 e. The van der Waals surface area contributed by atoms with Gasteiger partial charge in [-0.15, -0.1) is 0 Å². The van der Waals surface area contributed by atoms with Crippen LogP contribution in [0.1, 0.15) is 37.7 Å². The number of rotatable bonds is 7. The molecule has 2 amide bonds. The van der Waals surface area contributed by atoms with E-state index in [2.05, 4.69) is 37.4 Å². The molecule has 0 saturated heterocycles. The van der Waals surface area contributed by atoms with E-state index in [4.69, 9.17) is 11.6 Å². The summed E-state index contributed by atoms with van der Waals surface area (Å²) in [5.41, 5.74) is 1.93. The van der Waals surface area contributed by atoms with Crippen LogP contribution in [0.5, 0.6) is 0 Å². The molecule has 0 aliphatic carbocycles. The number of halogens is 2. The van der Waals surface area contributed by atoms with Gasteiger partial charge in [0.1, 0.15) is 22.4 Å². The molecular formula is C22H21ClFN7O2. The molecule has 2 aromatic heterocycles. The highest BCUT2D eigenvalue weighted by molar-refractivity contribution is 6.29. The van der Waals surface area contributed by atoms with E-state index in [1.54, 1.807) is 31.2 Å². The molecule has 33 heavy (non-hydrogen) atoms. The Morgan fingerprint density at radius 3 is 2.45 bits per heavy atom. The fourth-order valence-corrected chi connectivity index (χ4v) is 3.16. The number of carbonyl (C=O) groups is 2. The van der Waals surface area contributed by atoms with Gasteiger partial charge in [-0.25, -0.2) is 14.4 Å². The Morgan fingerprint density at radius 2 is 1.82 bits per heavy atom. The monoisotopic (exact) mass is 469 g/mol. The van der Waals surface area contributed by atoms with Crippen molar-refractivity contribution in [3.63, 3.8) is 0 Å². The summed E-state index contributed by atoms with van der Waals surface area (Å²) in [5.74, 6) is -1.38. The van der Waals surface area contributed by atoms with E-state index in [9.17, 15) is 14.0 Å². The fraction of sp³-hybridized carbons (Fsp3) is 0.182. The van der Waals surface area contributed by atoms with Gasteiger partial charge in [0.25, 0.3) is 11.8 Å². The second-order valence-electron chi connectivity index (χ2n) is 6.94. The van der Waals surface area contributed by atoms with Gasteiger partial charge in [0, 0.05) is 39.1 Å². The van der Waals surface area contributed by atoms with Gasteiger partial charge < -0.3 is 10.6 Å². The van der Waals surface area contributed by atoms with Gasteiger partial charge in [0.05, 0.1) is 0 Å². The topological polar surface area (TPSA) is 114 Å². The number of nitrogens with one attached hydrogen (secondary N) is 2. The summed E-state index contributed by atoms with van der Waals surface area (Å²) in [7, 11) is 1.45. The zero-order valence-electron chi connectivity index (χ0n) is 18.0. The van der Waals surface area contributed by atoms with Crippen molar-refractivity contribution in [3.05, 3.63) is 87.3 Å². The molecule has 2 N–H and O–H groups in total. The first kappa shape index (κ1) is 23.7. The molecule has 0 unspecified atom stereocenters. The van der Waals surface area contributed by atoms with Crippen molar-refractivity contribution in [1.82, 2.24) is 25.3 Å². The maximum atomic E-state index is 13.5. The molecule has 2 heterocycles. The van der Waals surface area contributed by atoms with Gasteiger partial charge in [-0.05, 0) is 41.8 Å². The highest BCUT2D eigenvalue weighted by Gasteiger charge is 2.18. The summed E-state index contributed by atoms with van der Waals surface area (Å²) in [6, 6.07) is 9.18. The predicted octanol–water partition coefficient (Wildman–Crippen LogP) is 2.23. The largest absolute Gasteiger partial charge is 0.347 e. The van der Waals surface area contributed by atoms with Crippen LogP contribution in [-0.2, 0) is 13.1 Å². The zero-order valence-corrected chi connectivity index (χ0v) is 18.7. The third kappa shape index (κ3) is 5.86. The van der Waals surface area contributed by atoms with Crippen LogP contribution in [0.2, 0.25) is 5.15 Å². The number of aryl methyl sites for hydroxylation is 1. The predicted molar refractivity (Wildman–Crippen MR) is 121 cm³/mol. The standard InChI is InChI=1S/C22H21ClFN7O2/c1-13-8-14(4-5-16(13)24)11-28-20(32)17-10-18(31(26-3)22(25-2)30-17)21(33)29-12-15-6-7-27-19(23)9-15/h4-10H,3,11-12H2,1-2H3,(H,28,32)(H,29,33). The summed E-state index contributed by atoms with van der Waals surface area (Å²) in [5, 5.41) is 9.54. The minimum atomic E-state index is -0.534. The third-order valence-electron chi connectivity index (χ3n) is 4.64. The number of nitrogens with zero attached hydrogens (tertiary/aromatic N) is 5. The number of aromatic nitrogens is 3. The average Bonchev–Trinajstić information content (AvgIpc) is 2.82. The summed E-state index contributed by atoms with van der Waals surface area (Å²) in [4.78, 5) is 37.6. The van der Waals surface area contributed by atoms with Crippen molar-refractivity contribution in [2.24, 2.45) is 10.1 Å². The lowest BCUT2D eigenvalue weighted by molar-refractivity contribution is 0.0939. The van der Waals surface area contributed by atoms with E-state index in [1.807, 2.05) is 0 Å². The molecule has 0 fully saturated rings. The number of hydrogen-bond donors (Lipinski definition) is 2.